The van der Waals surface area contributed by atoms with Gasteiger partial charge in [0, 0.05) is 12.8 Å². The highest BCUT2D eigenvalue weighted by Gasteiger charge is 2.44. The zero-order valence-electron chi connectivity index (χ0n) is 46.7. The van der Waals surface area contributed by atoms with Crippen molar-refractivity contribution in [1.29, 1.82) is 0 Å². The standard InChI is InChI=1S/C61H115NO10/c1-3-5-7-9-11-13-15-16-21-24-28-31-35-39-43-47-54(64)53(52-71-61-60(69)59(68)58(67)55(51-63)72-61)62-56(65)48-44-40-36-32-29-25-22-19-17-18-20-23-26-30-34-38-42-46-50-70-57(66)49-45-41-37-33-27-14-12-10-8-6-4-2/h19,22,43,47,53-55,58-61,63-64,67-69H,3-18,20-21,23-42,44-46,48-52H2,1-2H3,(H,62,65)/b22-19-,47-43+. The lowest BCUT2D eigenvalue weighted by molar-refractivity contribution is -0.302. The van der Waals surface area contributed by atoms with E-state index in [1.54, 1.807) is 6.08 Å². The van der Waals surface area contributed by atoms with Crippen LogP contribution in [0.4, 0.5) is 0 Å². The quantitative estimate of drug-likeness (QED) is 0.0195. The number of hydrogen-bond donors (Lipinski definition) is 6. The van der Waals surface area contributed by atoms with E-state index in [1.807, 2.05) is 6.08 Å². The van der Waals surface area contributed by atoms with E-state index in [0.717, 1.165) is 89.9 Å². The van der Waals surface area contributed by atoms with Crippen molar-refractivity contribution in [3.63, 3.8) is 0 Å². The van der Waals surface area contributed by atoms with Gasteiger partial charge in [-0.05, 0) is 57.8 Å². The number of esters is 1. The van der Waals surface area contributed by atoms with Crippen molar-refractivity contribution in [1.82, 2.24) is 5.32 Å². The number of nitrogens with one attached hydrogen (secondary N) is 1. The summed E-state index contributed by atoms with van der Waals surface area (Å²) in [5, 5.41) is 54.4. The molecule has 0 aromatic rings. The average Bonchev–Trinajstić information content (AvgIpc) is 3.38. The maximum absolute atomic E-state index is 13.0. The van der Waals surface area contributed by atoms with Crippen molar-refractivity contribution in [2.45, 2.75) is 333 Å². The number of ether oxygens (including phenoxy) is 3. The molecule has 1 saturated heterocycles. The number of aliphatic hydroxyl groups is 5. The molecule has 11 nitrogen and oxygen atoms in total. The lowest BCUT2D eigenvalue weighted by Gasteiger charge is -2.40. The molecular formula is C61H115NO10. The van der Waals surface area contributed by atoms with E-state index in [2.05, 4.69) is 31.3 Å². The minimum atomic E-state index is -1.58. The van der Waals surface area contributed by atoms with Crippen LogP contribution in [0, 0.1) is 0 Å². The van der Waals surface area contributed by atoms with Crippen LogP contribution < -0.4 is 5.32 Å². The minimum absolute atomic E-state index is 0.0128. The molecule has 6 N–H and O–H groups in total. The second-order valence-corrected chi connectivity index (χ2v) is 21.4. The van der Waals surface area contributed by atoms with E-state index in [0.29, 0.717) is 19.4 Å². The summed E-state index contributed by atoms with van der Waals surface area (Å²) in [5.41, 5.74) is 0. The molecule has 0 saturated carbocycles. The van der Waals surface area contributed by atoms with Gasteiger partial charge in [-0.3, -0.25) is 9.59 Å². The maximum Gasteiger partial charge on any atom is 0.305 e. The third-order valence-electron chi connectivity index (χ3n) is 14.6. The summed E-state index contributed by atoms with van der Waals surface area (Å²) in [6, 6.07) is -0.820. The number of aliphatic hydroxyl groups excluding tert-OH is 5. The van der Waals surface area contributed by atoms with Crippen molar-refractivity contribution in [2.24, 2.45) is 0 Å². The normalized spacial score (nSPS) is 19.1. The van der Waals surface area contributed by atoms with Crippen LogP contribution in [-0.2, 0) is 23.8 Å². The van der Waals surface area contributed by atoms with E-state index in [-0.39, 0.29) is 18.5 Å². The van der Waals surface area contributed by atoms with E-state index < -0.39 is 49.5 Å². The third-order valence-corrected chi connectivity index (χ3v) is 14.6. The van der Waals surface area contributed by atoms with Crippen molar-refractivity contribution in [3.8, 4) is 0 Å². The summed E-state index contributed by atoms with van der Waals surface area (Å²) in [7, 11) is 0. The Kier molecular flexibility index (Phi) is 48.5. The second-order valence-electron chi connectivity index (χ2n) is 21.4. The Hall–Kier alpha value is -1.86. The number of carbonyl (C=O) groups excluding carboxylic acids is 2. The van der Waals surface area contributed by atoms with E-state index in [9.17, 15) is 35.1 Å². The molecule has 0 aromatic carbocycles. The molecule has 1 aliphatic rings. The Morgan fingerprint density at radius 1 is 0.500 bits per heavy atom. The Morgan fingerprint density at radius 2 is 0.889 bits per heavy atom. The first-order chi connectivity index (χ1) is 35.2. The van der Waals surface area contributed by atoms with Crippen LogP contribution in [0.5, 0.6) is 0 Å². The number of allylic oxidation sites excluding steroid dienone is 3. The fourth-order valence-corrected chi connectivity index (χ4v) is 9.67. The molecule has 0 bridgehead atoms. The summed E-state index contributed by atoms with van der Waals surface area (Å²) in [4.78, 5) is 25.1. The Bertz CT molecular complexity index is 1250. The maximum atomic E-state index is 13.0. The largest absolute Gasteiger partial charge is 0.466 e. The van der Waals surface area contributed by atoms with Gasteiger partial charge < -0.3 is 45.1 Å². The van der Waals surface area contributed by atoms with Crippen LogP contribution in [0.25, 0.3) is 0 Å². The number of unbranched alkanes of at least 4 members (excludes halogenated alkanes) is 37. The predicted octanol–water partition coefficient (Wildman–Crippen LogP) is 14.1. The molecule has 1 rings (SSSR count). The fourth-order valence-electron chi connectivity index (χ4n) is 9.67. The van der Waals surface area contributed by atoms with E-state index in [4.69, 9.17) is 14.2 Å². The van der Waals surface area contributed by atoms with Crippen LogP contribution in [0.15, 0.2) is 24.3 Å². The van der Waals surface area contributed by atoms with Crippen molar-refractivity contribution < 1.29 is 49.3 Å². The molecule has 0 spiro atoms. The number of rotatable bonds is 53. The first-order valence-electron chi connectivity index (χ1n) is 30.6. The predicted molar refractivity (Wildman–Crippen MR) is 297 cm³/mol. The molecule has 1 fully saturated rings. The third kappa shape index (κ3) is 40.5. The molecule has 11 heteroatoms. The zero-order valence-corrected chi connectivity index (χ0v) is 46.7. The van der Waals surface area contributed by atoms with Gasteiger partial charge in [0.05, 0.1) is 32.0 Å². The molecule has 0 aliphatic carbocycles. The Morgan fingerprint density at radius 3 is 1.33 bits per heavy atom. The highest BCUT2D eigenvalue weighted by atomic mass is 16.7. The van der Waals surface area contributed by atoms with Crippen LogP contribution in [-0.4, -0.2) is 100 Å². The van der Waals surface area contributed by atoms with Gasteiger partial charge in [-0.25, -0.2) is 0 Å². The summed E-state index contributed by atoms with van der Waals surface area (Å²) in [5.74, 6) is -0.207. The molecule has 1 heterocycles. The van der Waals surface area contributed by atoms with Gasteiger partial charge in [-0.1, -0.05) is 244 Å². The molecule has 7 atom stereocenters. The lowest BCUT2D eigenvalue weighted by atomic mass is 9.99. The monoisotopic (exact) mass is 1020 g/mol. The SMILES string of the molecule is CCCCCCCCCCCCCCC/C=C/C(O)C(COC1OC(CO)C(O)C(O)C1O)NC(=O)CCCCCCC/C=C\CCCCCCCCCCCOC(=O)CCCCCCCCCCCCC. The molecule has 1 aliphatic heterocycles. The molecule has 0 radical (unpaired) electrons. The highest BCUT2D eigenvalue weighted by molar-refractivity contribution is 5.76. The number of carbonyl (C=O) groups is 2. The Balaban J connectivity index is 2.13. The van der Waals surface area contributed by atoms with Gasteiger partial charge in [0.2, 0.25) is 5.91 Å². The first-order valence-corrected chi connectivity index (χ1v) is 30.6. The molecule has 424 valence electrons. The molecule has 7 unspecified atom stereocenters. The summed E-state index contributed by atoms with van der Waals surface area (Å²) in [6.07, 6.45) is 51.1. The Labute approximate surface area is 441 Å². The smallest absolute Gasteiger partial charge is 0.305 e. The van der Waals surface area contributed by atoms with Gasteiger partial charge >= 0.3 is 5.97 Å². The van der Waals surface area contributed by atoms with Crippen molar-refractivity contribution in [3.05, 3.63) is 24.3 Å². The van der Waals surface area contributed by atoms with Crippen LogP contribution in [0.2, 0.25) is 0 Å². The van der Waals surface area contributed by atoms with Gasteiger partial charge in [0.15, 0.2) is 6.29 Å². The van der Waals surface area contributed by atoms with Crippen LogP contribution in [0.1, 0.15) is 290 Å². The van der Waals surface area contributed by atoms with Crippen LogP contribution in [0.3, 0.4) is 0 Å². The fraction of sp³-hybridized carbons (Fsp3) is 0.902. The molecule has 72 heavy (non-hydrogen) atoms. The molecule has 1 amide bonds. The highest BCUT2D eigenvalue weighted by Crippen LogP contribution is 2.23. The van der Waals surface area contributed by atoms with Crippen molar-refractivity contribution in [2.75, 3.05) is 19.8 Å². The minimum Gasteiger partial charge on any atom is -0.466 e. The van der Waals surface area contributed by atoms with Gasteiger partial charge in [-0.2, -0.15) is 0 Å². The van der Waals surface area contributed by atoms with Gasteiger partial charge in [0.25, 0.3) is 0 Å². The van der Waals surface area contributed by atoms with E-state index >= 15 is 0 Å². The molecular weight excluding hydrogens is 907 g/mol. The lowest BCUT2D eigenvalue weighted by Crippen LogP contribution is -2.60. The van der Waals surface area contributed by atoms with E-state index in [1.165, 1.54) is 173 Å². The zero-order chi connectivity index (χ0) is 52.4. The average molecular weight is 1020 g/mol. The van der Waals surface area contributed by atoms with Crippen LogP contribution >= 0.6 is 0 Å². The second kappa shape index (κ2) is 51.3. The summed E-state index contributed by atoms with van der Waals surface area (Å²) >= 11 is 0. The summed E-state index contributed by atoms with van der Waals surface area (Å²) < 4.78 is 16.7. The topological polar surface area (TPSA) is 175 Å². The van der Waals surface area contributed by atoms with Crippen molar-refractivity contribution >= 4 is 11.9 Å². The number of amides is 1. The van der Waals surface area contributed by atoms with Gasteiger partial charge in [0.1, 0.15) is 24.4 Å². The number of hydrogen-bond acceptors (Lipinski definition) is 10. The summed E-state index contributed by atoms with van der Waals surface area (Å²) in [6.45, 7) is 4.33. The van der Waals surface area contributed by atoms with Gasteiger partial charge in [-0.15, -0.1) is 0 Å². The molecule has 0 aromatic heterocycles. The first kappa shape index (κ1) is 68.2.